The minimum Gasteiger partial charge on any atom is -0.344 e. The number of carbonyl (C=O) groups excluding carboxylic acids is 1. The molecule has 1 aromatic heterocycles. The second kappa shape index (κ2) is 8.75. The predicted octanol–water partition coefficient (Wildman–Crippen LogP) is 3.66. The number of carbonyl (C=O) groups is 1. The topological polar surface area (TPSA) is 85.8 Å². The summed E-state index contributed by atoms with van der Waals surface area (Å²) in [6, 6.07) is 15.8. The fourth-order valence-corrected chi connectivity index (χ4v) is 3.35. The molecule has 0 aliphatic rings. The Labute approximate surface area is 173 Å². The molecule has 1 heterocycles. The fourth-order valence-electron chi connectivity index (χ4n) is 2.56. The van der Waals surface area contributed by atoms with Gasteiger partial charge in [0, 0.05) is 5.02 Å². The number of nitrogens with two attached hydrogens (primary N) is 1. The first-order valence-corrected chi connectivity index (χ1v) is 9.62. The van der Waals surface area contributed by atoms with Crippen molar-refractivity contribution < 1.29 is 18.0 Å². The van der Waals surface area contributed by atoms with Crippen molar-refractivity contribution in [3.05, 3.63) is 76.6 Å². The highest BCUT2D eigenvalue weighted by Gasteiger charge is 2.38. The zero-order valence-corrected chi connectivity index (χ0v) is 16.3. The normalized spacial score (nSPS) is 12.6. The molecule has 3 N–H and O–H groups in total. The third kappa shape index (κ3) is 5.21. The number of nitrogen functional groups attached to an aromatic ring is 1. The number of amides is 1. The highest BCUT2D eigenvalue weighted by molar-refractivity contribution is 7.99. The molecule has 1 unspecified atom stereocenters. The minimum atomic E-state index is -4.73. The summed E-state index contributed by atoms with van der Waals surface area (Å²) in [5, 5.41) is 9.64. The monoisotopic (exact) mass is 441 g/mol. The van der Waals surface area contributed by atoms with E-state index in [9.17, 15) is 18.0 Å². The van der Waals surface area contributed by atoms with Gasteiger partial charge in [0.25, 0.3) is 5.82 Å². The average molecular weight is 442 g/mol. The molecular formula is C18H15ClF3N5OS. The summed E-state index contributed by atoms with van der Waals surface area (Å²) in [5.74, 6) is 3.45. The van der Waals surface area contributed by atoms with Gasteiger partial charge in [0.2, 0.25) is 11.1 Å². The average Bonchev–Trinajstić information content (AvgIpc) is 3.07. The van der Waals surface area contributed by atoms with Crippen LogP contribution in [0.2, 0.25) is 5.02 Å². The van der Waals surface area contributed by atoms with Crippen LogP contribution in [0.1, 0.15) is 23.0 Å². The molecule has 0 bridgehead atoms. The number of aromatic nitrogens is 3. The molecule has 0 aliphatic heterocycles. The van der Waals surface area contributed by atoms with Gasteiger partial charge < -0.3 is 11.2 Å². The maximum Gasteiger partial charge on any atom is 0.453 e. The number of rotatable bonds is 6. The van der Waals surface area contributed by atoms with Crippen LogP contribution in [-0.4, -0.2) is 26.5 Å². The second-order valence-electron chi connectivity index (χ2n) is 5.93. The van der Waals surface area contributed by atoms with Crippen LogP contribution >= 0.6 is 23.4 Å². The van der Waals surface area contributed by atoms with Crippen LogP contribution in [0.25, 0.3) is 0 Å². The lowest BCUT2D eigenvalue weighted by molar-refractivity contribution is -0.146. The number of benzene rings is 2. The molecule has 0 spiro atoms. The Morgan fingerprint density at radius 2 is 1.72 bits per heavy atom. The van der Waals surface area contributed by atoms with Gasteiger partial charge in [-0.3, -0.25) is 4.79 Å². The Hall–Kier alpha value is -2.72. The molecule has 1 atom stereocenters. The first kappa shape index (κ1) is 21.0. The third-order valence-electron chi connectivity index (χ3n) is 3.89. The Balaban J connectivity index is 1.72. The summed E-state index contributed by atoms with van der Waals surface area (Å²) >= 11 is 6.69. The molecule has 0 aliphatic carbocycles. The molecule has 0 radical (unpaired) electrons. The molecule has 0 saturated carbocycles. The Bertz CT molecular complexity index is 979. The minimum absolute atomic E-state index is 0.190. The zero-order chi connectivity index (χ0) is 21.0. The van der Waals surface area contributed by atoms with Gasteiger partial charge in [-0.25, -0.2) is 4.68 Å². The van der Waals surface area contributed by atoms with Crippen LogP contribution in [0.15, 0.2) is 59.8 Å². The van der Waals surface area contributed by atoms with E-state index in [0.717, 1.165) is 22.9 Å². The van der Waals surface area contributed by atoms with Crippen molar-refractivity contribution in [1.29, 1.82) is 0 Å². The molecule has 2 aromatic carbocycles. The van der Waals surface area contributed by atoms with Gasteiger partial charge in [-0.1, -0.05) is 65.8 Å². The van der Waals surface area contributed by atoms with Gasteiger partial charge in [-0.2, -0.15) is 13.2 Å². The smallest absolute Gasteiger partial charge is 0.344 e. The molecule has 152 valence electrons. The van der Waals surface area contributed by atoms with Crippen LogP contribution in [0, 0.1) is 0 Å². The SMILES string of the molecule is Nn1c(SCC(=O)NC(c2ccccc2)c2ccc(Cl)cc2)nnc1C(F)(F)F. The molecule has 29 heavy (non-hydrogen) atoms. The van der Waals surface area contributed by atoms with Gasteiger partial charge in [-0.15, -0.1) is 10.2 Å². The number of nitrogens with one attached hydrogen (secondary N) is 1. The third-order valence-corrected chi connectivity index (χ3v) is 5.09. The zero-order valence-electron chi connectivity index (χ0n) is 14.7. The van der Waals surface area contributed by atoms with Gasteiger partial charge in [0.05, 0.1) is 11.8 Å². The standard InChI is InChI=1S/C18H15ClF3N5OS/c19-13-8-6-12(7-9-13)15(11-4-2-1-3-5-11)24-14(28)10-29-17-26-25-16(27(17)23)18(20,21)22/h1-9,15H,10,23H2,(H,24,28). The van der Waals surface area contributed by atoms with Gasteiger partial charge in [-0.05, 0) is 23.3 Å². The number of alkyl halides is 3. The highest BCUT2D eigenvalue weighted by Crippen LogP contribution is 2.29. The van der Waals surface area contributed by atoms with Crippen molar-refractivity contribution in [1.82, 2.24) is 20.2 Å². The summed E-state index contributed by atoms with van der Waals surface area (Å²) in [6.45, 7) is 0. The van der Waals surface area contributed by atoms with E-state index >= 15 is 0 Å². The first-order chi connectivity index (χ1) is 13.8. The maximum atomic E-state index is 12.7. The summed E-state index contributed by atoms with van der Waals surface area (Å²) in [4.78, 5) is 12.5. The van der Waals surface area contributed by atoms with Gasteiger partial charge in [0.15, 0.2) is 0 Å². The Kier molecular flexibility index (Phi) is 6.33. The highest BCUT2D eigenvalue weighted by atomic mass is 35.5. The molecule has 0 saturated heterocycles. The van der Waals surface area contributed by atoms with E-state index in [2.05, 4.69) is 15.5 Å². The van der Waals surface area contributed by atoms with Crippen molar-refractivity contribution in [2.45, 2.75) is 17.4 Å². The van der Waals surface area contributed by atoms with E-state index in [1.54, 1.807) is 24.3 Å². The van der Waals surface area contributed by atoms with E-state index in [-0.39, 0.29) is 10.9 Å². The largest absolute Gasteiger partial charge is 0.453 e. The lowest BCUT2D eigenvalue weighted by atomic mass is 9.99. The van der Waals surface area contributed by atoms with Crippen LogP contribution in [0.3, 0.4) is 0 Å². The van der Waals surface area contributed by atoms with E-state index in [1.807, 2.05) is 30.3 Å². The van der Waals surface area contributed by atoms with E-state index in [1.165, 1.54) is 0 Å². The van der Waals surface area contributed by atoms with Crippen LogP contribution in [0.5, 0.6) is 0 Å². The number of halogens is 4. The lowest BCUT2D eigenvalue weighted by Crippen LogP contribution is -2.31. The van der Waals surface area contributed by atoms with Gasteiger partial charge in [0.1, 0.15) is 0 Å². The Morgan fingerprint density at radius 1 is 1.10 bits per heavy atom. The van der Waals surface area contributed by atoms with Crippen molar-refractivity contribution in [2.24, 2.45) is 0 Å². The molecule has 3 rings (SSSR count). The molecule has 6 nitrogen and oxygen atoms in total. The van der Waals surface area contributed by atoms with Crippen molar-refractivity contribution in [3.63, 3.8) is 0 Å². The molecule has 1 amide bonds. The van der Waals surface area contributed by atoms with Gasteiger partial charge >= 0.3 is 6.18 Å². The maximum absolute atomic E-state index is 12.7. The van der Waals surface area contributed by atoms with Crippen LogP contribution in [-0.2, 0) is 11.0 Å². The van der Waals surface area contributed by atoms with E-state index < -0.39 is 23.9 Å². The van der Waals surface area contributed by atoms with Crippen LogP contribution in [0.4, 0.5) is 13.2 Å². The fraction of sp³-hybridized carbons (Fsp3) is 0.167. The number of thioether (sulfide) groups is 1. The van der Waals surface area contributed by atoms with Crippen LogP contribution < -0.4 is 11.2 Å². The summed E-state index contributed by atoms with van der Waals surface area (Å²) < 4.78 is 38.5. The number of hydrogen-bond acceptors (Lipinski definition) is 5. The summed E-state index contributed by atoms with van der Waals surface area (Å²) in [5.41, 5.74) is 1.65. The lowest BCUT2D eigenvalue weighted by Gasteiger charge is -2.20. The van der Waals surface area contributed by atoms with Crippen molar-refractivity contribution in [2.75, 3.05) is 11.6 Å². The molecule has 3 aromatic rings. The van der Waals surface area contributed by atoms with Crippen molar-refractivity contribution in [3.8, 4) is 0 Å². The van der Waals surface area contributed by atoms with E-state index in [0.29, 0.717) is 9.70 Å². The van der Waals surface area contributed by atoms with E-state index in [4.69, 9.17) is 17.4 Å². The first-order valence-electron chi connectivity index (χ1n) is 8.26. The molecule has 0 fully saturated rings. The summed E-state index contributed by atoms with van der Waals surface area (Å²) in [6.07, 6.45) is -4.73. The number of nitrogens with zero attached hydrogens (tertiary/aromatic N) is 3. The quantitative estimate of drug-likeness (QED) is 0.450. The molecular weight excluding hydrogens is 427 g/mol. The second-order valence-corrected chi connectivity index (χ2v) is 7.30. The molecule has 11 heteroatoms. The summed E-state index contributed by atoms with van der Waals surface area (Å²) in [7, 11) is 0. The Morgan fingerprint density at radius 3 is 2.31 bits per heavy atom. The number of hydrogen-bond donors (Lipinski definition) is 2. The van der Waals surface area contributed by atoms with Crippen molar-refractivity contribution >= 4 is 29.3 Å². The predicted molar refractivity (Wildman–Crippen MR) is 104 cm³/mol.